The number of rotatable bonds is 16. The van der Waals surface area contributed by atoms with E-state index in [4.69, 9.17) is 23.2 Å². The molecule has 1 saturated heterocycles. The Balaban J connectivity index is 1.12. The molecule has 59 heavy (non-hydrogen) atoms. The minimum absolute atomic E-state index is 0.0654. The molecule has 1 saturated carbocycles. The van der Waals surface area contributed by atoms with Crippen molar-refractivity contribution >= 4 is 25.8 Å². The Kier molecular flexibility index (Phi) is 12.2. The zero-order valence-electron chi connectivity index (χ0n) is 35.1. The molecule has 2 aliphatic rings. The van der Waals surface area contributed by atoms with Gasteiger partial charge in [-0.3, -0.25) is 0 Å². The molecule has 0 amide bonds. The number of benzene rings is 6. The van der Waals surface area contributed by atoms with Crippen LogP contribution in [-0.4, -0.2) is 48.5 Å². The summed E-state index contributed by atoms with van der Waals surface area (Å²) in [5.41, 5.74) is 1.92. The van der Waals surface area contributed by atoms with Gasteiger partial charge in [0.25, 0.3) is 8.32 Å². The summed E-state index contributed by atoms with van der Waals surface area (Å²) in [7, 11) is 0.501. The lowest BCUT2D eigenvalue weighted by Gasteiger charge is -2.47. The number of methoxy groups -OCH3 is 2. The van der Waals surface area contributed by atoms with Gasteiger partial charge in [-0.1, -0.05) is 203 Å². The Morgan fingerprint density at radius 3 is 1.19 bits per heavy atom. The lowest BCUT2D eigenvalue weighted by atomic mass is 9.71. The van der Waals surface area contributed by atoms with Crippen LogP contribution in [0.2, 0.25) is 10.9 Å². The van der Waals surface area contributed by atoms with Crippen molar-refractivity contribution in [1.29, 1.82) is 0 Å². The smallest absolute Gasteiger partial charge is 0.407 e. The van der Waals surface area contributed by atoms with Crippen LogP contribution in [0.4, 0.5) is 0 Å². The van der Waals surface area contributed by atoms with Gasteiger partial charge in [0.05, 0.1) is 0 Å². The van der Waals surface area contributed by atoms with Gasteiger partial charge in [-0.15, -0.1) is 0 Å². The molecule has 7 heteroatoms. The maximum absolute atomic E-state index is 7.41. The fourth-order valence-corrected chi connectivity index (χ4v) is 14.6. The third kappa shape index (κ3) is 7.58. The zero-order valence-corrected chi connectivity index (χ0v) is 36.1. The van der Waals surface area contributed by atoms with Crippen molar-refractivity contribution in [2.24, 2.45) is 5.92 Å². The predicted molar refractivity (Wildman–Crippen MR) is 242 cm³/mol. The number of hydrogen-bond acceptors (Lipinski definition) is 5. The molecule has 0 aromatic heterocycles. The van der Waals surface area contributed by atoms with Gasteiger partial charge in [-0.2, -0.15) is 0 Å². The summed E-state index contributed by atoms with van der Waals surface area (Å²) in [6, 6.07) is 63.6. The van der Waals surface area contributed by atoms with Crippen molar-refractivity contribution in [2.75, 3.05) is 20.8 Å². The Labute approximate surface area is 353 Å². The number of ether oxygens (including phenoxy) is 2. The highest BCUT2D eigenvalue weighted by molar-refractivity contribution is 6.99. The van der Waals surface area contributed by atoms with Gasteiger partial charge in [-0.25, -0.2) is 0 Å². The van der Waals surface area contributed by atoms with E-state index in [1.54, 1.807) is 14.2 Å². The quantitative estimate of drug-likeness (QED) is 0.0721. The lowest BCUT2D eigenvalue weighted by Crippen LogP contribution is -2.66. The largest absolute Gasteiger partial charge is 0.461 e. The molecular formula is C52H57BO5Si. The molecule has 6 aromatic rings. The second kappa shape index (κ2) is 17.6. The highest BCUT2D eigenvalue weighted by Crippen LogP contribution is 2.57. The van der Waals surface area contributed by atoms with Crippen molar-refractivity contribution in [2.45, 2.75) is 74.3 Å². The summed E-state index contributed by atoms with van der Waals surface area (Å²) in [6.45, 7) is 7.71. The highest BCUT2D eigenvalue weighted by atomic mass is 28.4. The molecule has 0 radical (unpaired) electrons. The van der Waals surface area contributed by atoms with Gasteiger partial charge in [0.15, 0.2) is 0 Å². The first-order valence-corrected chi connectivity index (χ1v) is 23.1. The standard InChI is InChI=1S/C52H57BO5Si/c1-50(2,3)59(45-34-20-10-21-35-45,46-36-22-11-23-37-46)56-38-24-25-40-39-47(40)53-57-48(51(54-4,41-26-12-6-13-27-41)42-28-14-7-15-29-42)49(58-53)52(55-5,43-30-16-8-17-31-43)44-32-18-9-19-33-44/h6-23,26-37,40,47-49H,24-25,38-39H2,1-5H3/t40-,47-,48+,49+/m0/s1. The highest BCUT2D eigenvalue weighted by Gasteiger charge is 2.65. The number of hydrogen-bond donors (Lipinski definition) is 0. The SMILES string of the molecule is COC(c1ccccc1)(c1ccccc1)[C@@H]1OB([C@H]2C[C@@H]2CCCO[Si](c2ccccc2)(c2ccccc2)C(C)(C)C)O[C@H]1C(OC)(c1ccccc1)c1ccccc1. The topological polar surface area (TPSA) is 46.2 Å². The maximum Gasteiger partial charge on any atom is 0.461 e. The second-order valence-electron chi connectivity index (χ2n) is 17.1. The molecule has 0 N–H and O–H groups in total. The third-order valence-electron chi connectivity index (χ3n) is 12.9. The summed E-state index contributed by atoms with van der Waals surface area (Å²) < 4.78 is 35.8. The summed E-state index contributed by atoms with van der Waals surface area (Å²) >= 11 is 0. The molecule has 1 aliphatic heterocycles. The van der Waals surface area contributed by atoms with E-state index in [0.717, 1.165) is 41.5 Å². The minimum atomic E-state index is -2.62. The van der Waals surface area contributed by atoms with Crippen LogP contribution in [0, 0.1) is 5.92 Å². The Bertz CT molecular complexity index is 1990. The summed E-state index contributed by atoms with van der Waals surface area (Å²) in [5, 5.41) is 2.55. The monoisotopic (exact) mass is 800 g/mol. The molecule has 8 rings (SSSR count). The summed E-state index contributed by atoms with van der Waals surface area (Å²) in [6.07, 6.45) is 1.82. The first-order chi connectivity index (χ1) is 28.8. The van der Waals surface area contributed by atoms with Crippen LogP contribution in [0.1, 0.15) is 62.3 Å². The predicted octanol–water partition coefficient (Wildman–Crippen LogP) is 10.2. The van der Waals surface area contributed by atoms with E-state index < -0.39 is 38.8 Å². The normalized spacial score (nSPS) is 19.8. The fourth-order valence-electron chi connectivity index (χ4n) is 9.99. The van der Waals surface area contributed by atoms with Crippen LogP contribution < -0.4 is 10.4 Å². The molecule has 302 valence electrons. The molecule has 1 heterocycles. The average molecular weight is 801 g/mol. The zero-order chi connectivity index (χ0) is 40.9. The van der Waals surface area contributed by atoms with E-state index in [-0.39, 0.29) is 10.9 Å². The molecule has 0 unspecified atom stereocenters. The first kappa shape index (κ1) is 41.1. The third-order valence-corrected chi connectivity index (χ3v) is 17.9. The first-order valence-electron chi connectivity index (χ1n) is 21.2. The average Bonchev–Trinajstić information content (AvgIpc) is 3.94. The van der Waals surface area contributed by atoms with Crippen LogP contribution in [-0.2, 0) is 34.4 Å². The van der Waals surface area contributed by atoms with Crippen LogP contribution in [0.3, 0.4) is 0 Å². The molecule has 4 atom stereocenters. The van der Waals surface area contributed by atoms with Gasteiger partial charge >= 0.3 is 7.12 Å². The molecule has 0 spiro atoms. The maximum atomic E-state index is 7.41. The van der Waals surface area contributed by atoms with Crippen molar-refractivity contribution < 1.29 is 23.2 Å². The van der Waals surface area contributed by atoms with Crippen molar-refractivity contribution in [1.82, 2.24) is 0 Å². The van der Waals surface area contributed by atoms with Crippen molar-refractivity contribution in [3.05, 3.63) is 204 Å². The Morgan fingerprint density at radius 2 is 0.864 bits per heavy atom. The molecule has 5 nitrogen and oxygen atoms in total. The van der Waals surface area contributed by atoms with Crippen LogP contribution in [0.15, 0.2) is 182 Å². The summed E-state index contributed by atoms with van der Waals surface area (Å²) in [4.78, 5) is 0. The van der Waals surface area contributed by atoms with Crippen molar-refractivity contribution in [3.8, 4) is 0 Å². The van der Waals surface area contributed by atoms with Gasteiger partial charge in [0, 0.05) is 20.8 Å². The van der Waals surface area contributed by atoms with E-state index in [9.17, 15) is 0 Å². The van der Waals surface area contributed by atoms with Gasteiger partial charge in [0.1, 0.15) is 23.4 Å². The van der Waals surface area contributed by atoms with Gasteiger partial charge < -0.3 is 23.2 Å². The van der Waals surface area contributed by atoms with Crippen LogP contribution in [0.25, 0.3) is 0 Å². The summed E-state index contributed by atoms with van der Waals surface area (Å²) in [5.74, 6) is 0.663. The van der Waals surface area contributed by atoms with E-state index >= 15 is 0 Å². The Morgan fingerprint density at radius 1 is 0.525 bits per heavy atom. The van der Waals surface area contributed by atoms with E-state index in [2.05, 4.69) is 178 Å². The van der Waals surface area contributed by atoms with Crippen LogP contribution >= 0.6 is 0 Å². The van der Waals surface area contributed by atoms with Crippen molar-refractivity contribution in [3.63, 3.8) is 0 Å². The van der Waals surface area contributed by atoms with Gasteiger partial charge in [-0.05, 0) is 68.7 Å². The van der Waals surface area contributed by atoms with E-state index in [0.29, 0.717) is 12.5 Å². The molecule has 0 bridgehead atoms. The van der Waals surface area contributed by atoms with Gasteiger partial charge in [0.2, 0.25) is 0 Å². The Hall–Kier alpha value is -4.60. The molecule has 6 aromatic carbocycles. The van der Waals surface area contributed by atoms with E-state index in [1.165, 1.54) is 10.4 Å². The molecule has 2 fully saturated rings. The van der Waals surface area contributed by atoms with Crippen LogP contribution in [0.5, 0.6) is 0 Å². The fraction of sp³-hybridized carbons (Fsp3) is 0.308. The van der Waals surface area contributed by atoms with E-state index in [1.807, 2.05) is 24.3 Å². The second-order valence-corrected chi connectivity index (χ2v) is 21.4. The molecular weight excluding hydrogens is 743 g/mol. The minimum Gasteiger partial charge on any atom is -0.407 e. The molecule has 1 aliphatic carbocycles. The lowest BCUT2D eigenvalue weighted by molar-refractivity contribution is -0.136.